The van der Waals surface area contributed by atoms with Crippen LogP contribution in [-0.2, 0) is 0 Å². The van der Waals surface area contributed by atoms with Gasteiger partial charge in [0.2, 0.25) is 0 Å². The minimum Gasteiger partial charge on any atom is -0.375 e. The number of nitrogens with zero attached hydrogens (tertiary/aromatic N) is 2. The van der Waals surface area contributed by atoms with E-state index in [1.54, 1.807) is 18.0 Å². The Morgan fingerprint density at radius 3 is 2.84 bits per heavy atom. The van der Waals surface area contributed by atoms with Crippen LogP contribution in [0.2, 0.25) is 5.02 Å². The van der Waals surface area contributed by atoms with Gasteiger partial charge < -0.3 is 10.6 Å². The second-order valence-electron chi connectivity index (χ2n) is 4.52. The summed E-state index contributed by atoms with van der Waals surface area (Å²) >= 11 is 7.56. The molecule has 1 unspecified atom stereocenters. The minimum absolute atomic E-state index is 0.0584. The number of hydrogen-bond acceptors (Lipinski definition) is 4. The molecular formula is C13H12ClN3OS. The number of benzene rings is 1. The van der Waals surface area contributed by atoms with Crippen molar-refractivity contribution < 1.29 is 4.79 Å². The van der Waals surface area contributed by atoms with Gasteiger partial charge in [-0.15, -0.1) is 0 Å². The van der Waals surface area contributed by atoms with Crippen LogP contribution in [0.1, 0.15) is 32.5 Å². The molecule has 2 aromatic rings. The third-order valence-electron chi connectivity index (χ3n) is 3.36. The van der Waals surface area contributed by atoms with Crippen LogP contribution in [0, 0.1) is 6.92 Å². The SMILES string of the molecule is Cc1nc(N)sc1C1c2cccc(Cl)c2C(=O)N1C. The maximum absolute atomic E-state index is 12.3. The standard InChI is InChI=1S/C13H12ClN3OS/c1-6-11(19-13(15)16-6)10-7-4-3-5-8(14)9(7)12(18)17(10)2/h3-5,10H,1-2H3,(H2,15,16). The van der Waals surface area contributed by atoms with Gasteiger partial charge in [-0.3, -0.25) is 4.79 Å². The number of hydrogen-bond donors (Lipinski definition) is 1. The van der Waals surface area contributed by atoms with Crippen LogP contribution in [0.15, 0.2) is 18.2 Å². The predicted octanol–water partition coefficient (Wildman–Crippen LogP) is 2.86. The number of carbonyl (C=O) groups excluding carboxylic acids is 1. The molecule has 0 saturated carbocycles. The molecule has 98 valence electrons. The van der Waals surface area contributed by atoms with Crippen molar-refractivity contribution in [3.63, 3.8) is 0 Å². The van der Waals surface area contributed by atoms with E-state index < -0.39 is 0 Å². The first kappa shape index (κ1) is 12.4. The molecule has 19 heavy (non-hydrogen) atoms. The van der Waals surface area contributed by atoms with Gasteiger partial charge >= 0.3 is 0 Å². The van der Waals surface area contributed by atoms with Gasteiger partial charge in [0.15, 0.2) is 5.13 Å². The first-order valence-corrected chi connectivity index (χ1v) is 6.98. The third kappa shape index (κ3) is 1.73. The predicted molar refractivity (Wildman–Crippen MR) is 76.7 cm³/mol. The van der Waals surface area contributed by atoms with Crippen LogP contribution in [0.5, 0.6) is 0 Å². The minimum atomic E-state index is -0.143. The fraction of sp³-hybridized carbons (Fsp3) is 0.231. The van der Waals surface area contributed by atoms with Gasteiger partial charge in [0.05, 0.1) is 27.2 Å². The summed E-state index contributed by atoms with van der Waals surface area (Å²) in [5.74, 6) is -0.0584. The number of halogens is 1. The zero-order valence-corrected chi connectivity index (χ0v) is 12.0. The Bertz CT molecular complexity index is 683. The summed E-state index contributed by atoms with van der Waals surface area (Å²) in [5, 5.41) is 1.01. The molecule has 0 saturated heterocycles. The molecule has 1 aromatic heterocycles. The lowest BCUT2D eigenvalue weighted by atomic mass is 10.0. The number of rotatable bonds is 1. The number of nitrogens with two attached hydrogens (primary N) is 1. The number of anilines is 1. The first-order valence-electron chi connectivity index (χ1n) is 5.79. The Balaban J connectivity index is 2.22. The van der Waals surface area contributed by atoms with Crippen molar-refractivity contribution in [3.05, 3.63) is 44.9 Å². The van der Waals surface area contributed by atoms with Crippen molar-refractivity contribution >= 4 is 34.0 Å². The van der Waals surface area contributed by atoms with Gasteiger partial charge in [-0.25, -0.2) is 4.98 Å². The molecular weight excluding hydrogens is 282 g/mol. The van der Waals surface area contributed by atoms with Gasteiger partial charge in [0.1, 0.15) is 0 Å². The number of amides is 1. The highest BCUT2D eigenvalue weighted by Gasteiger charge is 2.38. The summed E-state index contributed by atoms with van der Waals surface area (Å²) in [6, 6.07) is 5.39. The average Bonchev–Trinajstić information content (AvgIpc) is 2.79. The lowest BCUT2D eigenvalue weighted by Crippen LogP contribution is -2.23. The average molecular weight is 294 g/mol. The molecule has 6 heteroatoms. The molecule has 1 amide bonds. The Hall–Kier alpha value is -1.59. The molecule has 0 fully saturated rings. The highest BCUT2D eigenvalue weighted by molar-refractivity contribution is 7.15. The van der Waals surface area contributed by atoms with Crippen LogP contribution in [0.25, 0.3) is 0 Å². The molecule has 2 N–H and O–H groups in total. The molecule has 0 aliphatic carbocycles. The van der Waals surface area contributed by atoms with E-state index >= 15 is 0 Å². The van der Waals surface area contributed by atoms with Gasteiger partial charge in [0, 0.05) is 7.05 Å². The second kappa shape index (κ2) is 4.21. The Morgan fingerprint density at radius 1 is 1.47 bits per heavy atom. The molecule has 0 spiro atoms. The Morgan fingerprint density at radius 2 is 2.21 bits per heavy atom. The summed E-state index contributed by atoms with van der Waals surface area (Å²) in [6.07, 6.45) is 0. The zero-order valence-electron chi connectivity index (χ0n) is 10.5. The molecule has 1 aromatic carbocycles. The van der Waals surface area contributed by atoms with Crippen molar-refractivity contribution in [3.8, 4) is 0 Å². The highest BCUT2D eigenvalue weighted by atomic mass is 35.5. The quantitative estimate of drug-likeness (QED) is 0.879. The van der Waals surface area contributed by atoms with Crippen molar-refractivity contribution in [2.75, 3.05) is 12.8 Å². The number of aryl methyl sites for hydroxylation is 1. The highest BCUT2D eigenvalue weighted by Crippen LogP contribution is 2.43. The molecule has 1 aliphatic heterocycles. The van der Waals surface area contributed by atoms with Crippen molar-refractivity contribution in [2.24, 2.45) is 0 Å². The van der Waals surface area contributed by atoms with Crippen LogP contribution < -0.4 is 5.73 Å². The van der Waals surface area contributed by atoms with Gasteiger partial charge in [-0.2, -0.15) is 0 Å². The molecule has 4 nitrogen and oxygen atoms in total. The Labute approximate surface area is 119 Å². The van der Waals surface area contributed by atoms with E-state index in [9.17, 15) is 4.79 Å². The van der Waals surface area contributed by atoms with E-state index in [2.05, 4.69) is 4.98 Å². The van der Waals surface area contributed by atoms with Crippen molar-refractivity contribution in [1.82, 2.24) is 9.88 Å². The van der Waals surface area contributed by atoms with Crippen LogP contribution in [0.4, 0.5) is 5.13 Å². The molecule has 1 aliphatic rings. The monoisotopic (exact) mass is 293 g/mol. The fourth-order valence-electron chi connectivity index (χ4n) is 2.50. The van der Waals surface area contributed by atoms with E-state index in [4.69, 9.17) is 17.3 Å². The number of fused-ring (bicyclic) bond motifs is 1. The maximum atomic E-state index is 12.3. The van der Waals surface area contributed by atoms with Crippen LogP contribution >= 0.6 is 22.9 Å². The van der Waals surface area contributed by atoms with Gasteiger partial charge in [-0.1, -0.05) is 35.1 Å². The molecule has 3 rings (SSSR count). The van der Waals surface area contributed by atoms with Crippen molar-refractivity contribution in [1.29, 1.82) is 0 Å². The smallest absolute Gasteiger partial charge is 0.256 e. The van der Waals surface area contributed by atoms with E-state index in [0.717, 1.165) is 16.1 Å². The third-order valence-corrected chi connectivity index (χ3v) is 4.71. The van der Waals surface area contributed by atoms with Crippen LogP contribution in [-0.4, -0.2) is 22.8 Å². The normalized spacial score (nSPS) is 17.9. The largest absolute Gasteiger partial charge is 0.375 e. The summed E-state index contributed by atoms with van der Waals surface area (Å²) in [6.45, 7) is 1.91. The number of nitrogen functional groups attached to an aromatic ring is 1. The van der Waals surface area contributed by atoms with E-state index in [-0.39, 0.29) is 11.9 Å². The van der Waals surface area contributed by atoms with Gasteiger partial charge in [0.25, 0.3) is 5.91 Å². The van der Waals surface area contributed by atoms with E-state index in [1.165, 1.54) is 11.3 Å². The first-order chi connectivity index (χ1) is 9.00. The molecule has 2 heterocycles. The van der Waals surface area contributed by atoms with E-state index in [1.807, 2.05) is 19.1 Å². The molecule has 1 atom stereocenters. The summed E-state index contributed by atoms with van der Waals surface area (Å²) in [4.78, 5) is 19.2. The lowest BCUT2D eigenvalue weighted by molar-refractivity contribution is 0.0795. The van der Waals surface area contributed by atoms with E-state index in [0.29, 0.717) is 15.7 Å². The van der Waals surface area contributed by atoms with Crippen LogP contribution in [0.3, 0.4) is 0 Å². The fourth-order valence-corrected chi connectivity index (χ4v) is 3.76. The summed E-state index contributed by atoms with van der Waals surface area (Å²) < 4.78 is 0. The second-order valence-corrected chi connectivity index (χ2v) is 5.99. The van der Waals surface area contributed by atoms with Gasteiger partial charge in [-0.05, 0) is 18.6 Å². The number of carbonyl (C=O) groups is 1. The summed E-state index contributed by atoms with van der Waals surface area (Å²) in [5.41, 5.74) is 8.13. The molecule has 0 radical (unpaired) electrons. The number of thiazole rings is 1. The molecule has 0 bridgehead atoms. The van der Waals surface area contributed by atoms with Crippen molar-refractivity contribution in [2.45, 2.75) is 13.0 Å². The topological polar surface area (TPSA) is 59.2 Å². The number of aromatic nitrogens is 1. The maximum Gasteiger partial charge on any atom is 0.256 e. The zero-order chi connectivity index (χ0) is 13.7. The Kier molecular flexibility index (Phi) is 2.76. The lowest BCUT2D eigenvalue weighted by Gasteiger charge is -2.19. The summed E-state index contributed by atoms with van der Waals surface area (Å²) in [7, 11) is 1.78.